The third-order valence-corrected chi connectivity index (χ3v) is 4.76. The Morgan fingerprint density at radius 2 is 2.03 bits per heavy atom. The van der Waals surface area contributed by atoms with Gasteiger partial charge in [-0.25, -0.2) is 4.98 Å². The molecule has 0 spiro atoms. The normalized spacial score (nSPS) is 17.8. The summed E-state index contributed by atoms with van der Waals surface area (Å²) in [7, 11) is 2.02. The summed E-state index contributed by atoms with van der Waals surface area (Å²) in [5.74, 6) is -0.145. The second-order valence-corrected chi connectivity index (χ2v) is 7.45. The summed E-state index contributed by atoms with van der Waals surface area (Å²) in [6.07, 6.45) is -2.46. The van der Waals surface area contributed by atoms with E-state index in [9.17, 15) is 18.0 Å². The van der Waals surface area contributed by atoms with E-state index >= 15 is 0 Å². The zero-order chi connectivity index (χ0) is 21.0. The Morgan fingerprint density at radius 1 is 1.31 bits per heavy atom. The maximum atomic E-state index is 12.6. The maximum absolute atomic E-state index is 12.6. The second kappa shape index (κ2) is 9.00. The second-order valence-electron chi connectivity index (χ2n) is 7.07. The average Bonchev–Trinajstić information content (AvgIpc) is 2.66. The van der Waals surface area contributed by atoms with Crippen molar-refractivity contribution in [3.8, 4) is 17.0 Å². The lowest BCUT2D eigenvalue weighted by molar-refractivity contribution is -0.153. The first-order valence-electron chi connectivity index (χ1n) is 9.16. The Morgan fingerprint density at radius 3 is 2.69 bits per heavy atom. The lowest BCUT2D eigenvalue weighted by atomic mass is 10.0. The Bertz CT molecular complexity index is 859. The van der Waals surface area contributed by atoms with Crippen molar-refractivity contribution in [3.05, 3.63) is 47.1 Å². The zero-order valence-corrected chi connectivity index (χ0v) is 16.6. The highest BCUT2D eigenvalue weighted by Gasteiger charge is 2.28. The van der Waals surface area contributed by atoms with E-state index in [0.29, 0.717) is 16.8 Å². The van der Waals surface area contributed by atoms with Crippen molar-refractivity contribution in [2.24, 2.45) is 0 Å². The molecule has 1 unspecified atom stereocenters. The van der Waals surface area contributed by atoms with Crippen molar-refractivity contribution < 1.29 is 22.7 Å². The van der Waals surface area contributed by atoms with Crippen molar-refractivity contribution in [1.29, 1.82) is 0 Å². The molecule has 0 saturated carbocycles. The average molecular weight is 428 g/mol. The first-order chi connectivity index (χ1) is 13.7. The number of hydrogen-bond acceptors (Lipinski definition) is 4. The Labute approximate surface area is 171 Å². The molecule has 5 nitrogen and oxygen atoms in total. The van der Waals surface area contributed by atoms with Crippen LogP contribution >= 0.6 is 11.6 Å². The summed E-state index contributed by atoms with van der Waals surface area (Å²) in [6, 6.07) is 9.15. The van der Waals surface area contributed by atoms with Gasteiger partial charge in [0.2, 0.25) is 0 Å². The smallest absolute Gasteiger partial charge is 0.422 e. The van der Waals surface area contributed by atoms with Crippen LogP contribution in [0.15, 0.2) is 36.4 Å². The molecule has 1 aliphatic heterocycles. The van der Waals surface area contributed by atoms with Gasteiger partial charge in [-0.3, -0.25) is 4.79 Å². The lowest BCUT2D eigenvalue weighted by Gasteiger charge is -2.30. The molecule has 1 amide bonds. The van der Waals surface area contributed by atoms with Crippen LogP contribution < -0.4 is 10.1 Å². The van der Waals surface area contributed by atoms with Gasteiger partial charge in [0.1, 0.15) is 10.9 Å². The molecule has 2 heterocycles. The van der Waals surface area contributed by atoms with Crippen molar-refractivity contribution >= 4 is 17.5 Å². The van der Waals surface area contributed by atoms with E-state index in [1.165, 1.54) is 18.2 Å². The van der Waals surface area contributed by atoms with Crippen LogP contribution in [0.25, 0.3) is 11.3 Å². The number of benzene rings is 1. The van der Waals surface area contributed by atoms with E-state index in [4.69, 9.17) is 16.3 Å². The number of pyridine rings is 1. The minimum Gasteiger partial charge on any atom is -0.484 e. The Hall–Kier alpha value is -2.32. The molecule has 1 N–H and O–H groups in total. The molecule has 3 rings (SSSR count). The van der Waals surface area contributed by atoms with Crippen LogP contribution in [0.3, 0.4) is 0 Å². The molecule has 1 aromatic heterocycles. The molecule has 1 aliphatic rings. The molecule has 0 bridgehead atoms. The summed E-state index contributed by atoms with van der Waals surface area (Å²) in [5.41, 5.74) is 1.44. The molecular formula is C20H21ClF3N3O2. The molecule has 1 saturated heterocycles. The number of hydrogen-bond donors (Lipinski definition) is 1. The molecule has 9 heteroatoms. The molecule has 29 heavy (non-hydrogen) atoms. The number of halogens is 4. The van der Waals surface area contributed by atoms with Gasteiger partial charge in [-0.1, -0.05) is 11.6 Å². The number of ether oxygens (including phenoxy) is 1. The largest absolute Gasteiger partial charge is 0.484 e. The van der Waals surface area contributed by atoms with Crippen LogP contribution in [0, 0.1) is 0 Å². The van der Waals surface area contributed by atoms with Gasteiger partial charge in [-0.05, 0) is 62.8 Å². The quantitative estimate of drug-likeness (QED) is 0.728. The fourth-order valence-electron chi connectivity index (χ4n) is 3.22. The zero-order valence-electron chi connectivity index (χ0n) is 15.8. The predicted octanol–water partition coefficient (Wildman–Crippen LogP) is 4.17. The number of aromatic nitrogens is 1. The summed E-state index contributed by atoms with van der Waals surface area (Å²) in [6.45, 7) is 0.444. The molecule has 156 valence electrons. The van der Waals surface area contributed by atoms with Gasteiger partial charge in [0.05, 0.1) is 5.69 Å². The van der Waals surface area contributed by atoms with Gasteiger partial charge in [0.25, 0.3) is 5.91 Å². The van der Waals surface area contributed by atoms with Crippen LogP contribution in [0.4, 0.5) is 13.2 Å². The molecule has 1 atom stereocenters. The maximum Gasteiger partial charge on any atom is 0.422 e. The number of rotatable bonds is 5. The fourth-order valence-corrected chi connectivity index (χ4v) is 3.42. The number of amides is 1. The molecule has 0 aliphatic carbocycles. The number of alkyl halides is 3. The Balaban J connectivity index is 1.72. The molecule has 1 aromatic carbocycles. The van der Waals surface area contributed by atoms with Crippen LogP contribution in [-0.4, -0.2) is 54.8 Å². The van der Waals surface area contributed by atoms with E-state index < -0.39 is 12.8 Å². The summed E-state index contributed by atoms with van der Waals surface area (Å²) < 4.78 is 41.4. The minimum atomic E-state index is -4.40. The van der Waals surface area contributed by atoms with Crippen LogP contribution in [-0.2, 0) is 0 Å². The molecular weight excluding hydrogens is 407 g/mol. The van der Waals surface area contributed by atoms with Crippen molar-refractivity contribution in [1.82, 2.24) is 15.2 Å². The number of piperidine rings is 1. The van der Waals surface area contributed by atoms with E-state index in [1.54, 1.807) is 18.2 Å². The van der Waals surface area contributed by atoms with Crippen LogP contribution in [0.1, 0.15) is 23.2 Å². The summed E-state index contributed by atoms with van der Waals surface area (Å²) in [5, 5.41) is 3.18. The summed E-state index contributed by atoms with van der Waals surface area (Å²) >= 11 is 6.09. The van der Waals surface area contributed by atoms with E-state index in [0.717, 1.165) is 25.9 Å². The fraction of sp³-hybridized carbons (Fsp3) is 0.400. The minimum absolute atomic E-state index is 0.0710. The van der Waals surface area contributed by atoms with Crippen molar-refractivity contribution in [2.75, 3.05) is 26.7 Å². The first kappa shape index (κ1) is 21.4. The topological polar surface area (TPSA) is 54.5 Å². The highest BCUT2D eigenvalue weighted by molar-refractivity contribution is 6.30. The van der Waals surface area contributed by atoms with Gasteiger partial charge in [-0.2, -0.15) is 13.2 Å². The molecule has 1 fully saturated rings. The van der Waals surface area contributed by atoms with Gasteiger partial charge < -0.3 is 15.0 Å². The number of likely N-dealkylation sites (tertiary alicyclic amines) is 1. The lowest BCUT2D eigenvalue weighted by Crippen LogP contribution is -2.46. The van der Waals surface area contributed by atoms with E-state index in [1.807, 2.05) is 7.05 Å². The van der Waals surface area contributed by atoms with Gasteiger partial charge in [-0.15, -0.1) is 0 Å². The number of nitrogens with one attached hydrogen (secondary N) is 1. The van der Waals surface area contributed by atoms with Gasteiger partial charge in [0.15, 0.2) is 6.61 Å². The van der Waals surface area contributed by atoms with Crippen LogP contribution in [0.2, 0.25) is 5.15 Å². The van der Waals surface area contributed by atoms with E-state index in [2.05, 4.69) is 15.2 Å². The first-order valence-corrected chi connectivity index (χ1v) is 9.54. The van der Waals surface area contributed by atoms with Crippen LogP contribution in [0.5, 0.6) is 5.75 Å². The summed E-state index contributed by atoms with van der Waals surface area (Å²) in [4.78, 5) is 19.0. The number of nitrogens with zero attached hydrogens (tertiary/aromatic N) is 2. The number of carbonyl (C=O) groups excluding carboxylic acids is 1. The third kappa shape index (κ3) is 6.33. The third-order valence-electron chi connectivity index (χ3n) is 4.57. The number of carbonyl (C=O) groups is 1. The predicted molar refractivity (Wildman–Crippen MR) is 104 cm³/mol. The van der Waals surface area contributed by atoms with Crippen molar-refractivity contribution in [3.63, 3.8) is 0 Å². The highest BCUT2D eigenvalue weighted by Crippen LogP contribution is 2.25. The van der Waals surface area contributed by atoms with Crippen molar-refractivity contribution in [2.45, 2.75) is 25.1 Å². The Kier molecular flexibility index (Phi) is 6.64. The van der Waals surface area contributed by atoms with Gasteiger partial charge in [0, 0.05) is 23.7 Å². The van der Waals surface area contributed by atoms with Gasteiger partial charge >= 0.3 is 6.18 Å². The monoisotopic (exact) mass is 427 g/mol. The van der Waals surface area contributed by atoms with E-state index in [-0.39, 0.29) is 22.9 Å². The number of likely N-dealkylation sites (N-methyl/N-ethyl adjacent to an activating group) is 1. The highest BCUT2D eigenvalue weighted by atomic mass is 35.5. The molecule has 2 aromatic rings. The SMILES string of the molecule is CN1CCCC(NC(=O)c2cc(Cl)nc(-c3ccc(OCC(F)(F)F)cc3)c2)C1. The molecule has 0 radical (unpaired) electrons. The standard InChI is InChI=1S/C20H21ClF3N3O2/c1-27-8-2-3-15(11-27)25-19(28)14-9-17(26-18(21)10-14)13-4-6-16(7-5-13)29-12-20(22,23)24/h4-7,9-10,15H,2-3,8,11-12H2,1H3,(H,25,28).